The predicted molar refractivity (Wildman–Crippen MR) is 155 cm³/mol. The third kappa shape index (κ3) is 7.24. The van der Waals surface area contributed by atoms with Crippen LogP contribution in [0.1, 0.15) is 23.2 Å². The van der Waals surface area contributed by atoms with Gasteiger partial charge >= 0.3 is 12.0 Å². The third-order valence-corrected chi connectivity index (χ3v) is 9.56. The molecule has 1 aromatic heterocycles. The summed E-state index contributed by atoms with van der Waals surface area (Å²) in [4.78, 5) is 46.1. The maximum Gasteiger partial charge on any atom is 0.337 e. The van der Waals surface area contributed by atoms with Gasteiger partial charge in [-0.3, -0.25) is 4.79 Å². The molecule has 43 heavy (non-hydrogen) atoms. The largest absolute Gasteiger partial charge is 0.465 e. The molecule has 0 aliphatic carbocycles. The maximum absolute atomic E-state index is 13.8. The van der Waals surface area contributed by atoms with Gasteiger partial charge in [0.05, 0.1) is 32.0 Å². The van der Waals surface area contributed by atoms with Crippen LogP contribution in [0.4, 0.5) is 16.3 Å². The van der Waals surface area contributed by atoms with Crippen LogP contribution in [0.15, 0.2) is 47.5 Å². The Hall–Kier alpha value is -3.79. The van der Waals surface area contributed by atoms with Crippen molar-refractivity contribution in [3.8, 4) is 0 Å². The number of sulfonamides is 1. The highest BCUT2D eigenvalue weighted by Gasteiger charge is 2.42. The van der Waals surface area contributed by atoms with Crippen molar-refractivity contribution in [3.63, 3.8) is 0 Å². The summed E-state index contributed by atoms with van der Waals surface area (Å²) in [6.07, 6.45) is 2.87. The molecule has 232 valence electrons. The van der Waals surface area contributed by atoms with Crippen molar-refractivity contribution >= 4 is 39.4 Å². The van der Waals surface area contributed by atoms with Crippen molar-refractivity contribution in [2.45, 2.75) is 29.9 Å². The highest BCUT2D eigenvalue weighted by molar-refractivity contribution is 7.89. The highest BCUT2D eigenvalue weighted by Crippen LogP contribution is 2.24. The summed E-state index contributed by atoms with van der Waals surface area (Å²) in [5, 5.41) is 5.57. The minimum atomic E-state index is -4.13. The molecule has 14 nitrogen and oxygen atoms in total. The number of piperazine rings is 1. The van der Waals surface area contributed by atoms with Gasteiger partial charge in [-0.1, -0.05) is 0 Å². The number of methoxy groups -OCH3 is 1. The lowest BCUT2D eigenvalue weighted by molar-refractivity contribution is -0.126. The molecule has 15 heteroatoms. The number of carbonyl (C=O) groups is 3. The van der Waals surface area contributed by atoms with E-state index in [-0.39, 0.29) is 37.2 Å². The Morgan fingerprint density at radius 1 is 1.02 bits per heavy atom. The van der Waals surface area contributed by atoms with Crippen molar-refractivity contribution in [2.75, 3.05) is 76.4 Å². The van der Waals surface area contributed by atoms with Gasteiger partial charge in [-0.15, -0.1) is 0 Å². The number of urea groups is 1. The molecule has 3 saturated heterocycles. The zero-order valence-corrected chi connectivity index (χ0v) is 24.8. The molecule has 2 aromatic rings. The molecule has 3 amide bonds. The van der Waals surface area contributed by atoms with Crippen molar-refractivity contribution in [2.24, 2.45) is 0 Å². The Kier molecular flexibility index (Phi) is 9.75. The molecule has 2 atom stereocenters. The number of carbonyl (C=O) groups excluding carboxylic acids is 3. The number of nitrogens with one attached hydrogen (secondary N) is 2. The summed E-state index contributed by atoms with van der Waals surface area (Å²) in [5.41, 5.74) is 0.758. The molecule has 3 aliphatic heterocycles. The Bertz CT molecular complexity index is 1390. The molecular weight excluding hydrogens is 580 g/mol. The van der Waals surface area contributed by atoms with Crippen LogP contribution in [0, 0.1) is 0 Å². The normalized spacial score (nSPS) is 21.3. The second-order valence-electron chi connectivity index (χ2n) is 10.4. The fraction of sp³-hybridized carbons (Fsp3) is 0.500. The first kappa shape index (κ1) is 30.7. The average Bonchev–Trinajstić information content (AvgIpc) is 3.57. The van der Waals surface area contributed by atoms with Crippen LogP contribution in [-0.4, -0.2) is 119 Å². The summed E-state index contributed by atoms with van der Waals surface area (Å²) in [6.45, 7) is 3.12. The smallest absolute Gasteiger partial charge is 0.337 e. The first-order chi connectivity index (χ1) is 20.8. The van der Waals surface area contributed by atoms with E-state index in [1.54, 1.807) is 18.2 Å². The van der Waals surface area contributed by atoms with Crippen molar-refractivity contribution in [3.05, 3.63) is 48.2 Å². The van der Waals surface area contributed by atoms with E-state index >= 15 is 0 Å². The minimum absolute atomic E-state index is 0.0370. The molecule has 0 bridgehead atoms. The second kappa shape index (κ2) is 13.7. The van der Waals surface area contributed by atoms with E-state index < -0.39 is 34.0 Å². The van der Waals surface area contributed by atoms with Gasteiger partial charge in [0.15, 0.2) is 0 Å². The van der Waals surface area contributed by atoms with Crippen LogP contribution >= 0.6 is 0 Å². The number of amides is 3. The standard InChI is InChI=1S/C28H36N6O8S/c1-40-27(36)20-4-6-21(7-5-20)31-28(37)33-10-11-34(24(19-33)26(35)30-17-22-3-2-14-42-22)43(38,39)23-8-9-25(29-18-23)32-12-15-41-16-13-32/h4-9,18,22,24H,2-3,10-17,19H2,1H3,(H,30,35)(H,31,37). The van der Waals surface area contributed by atoms with E-state index in [0.29, 0.717) is 50.0 Å². The Labute approximate surface area is 250 Å². The fourth-order valence-electron chi connectivity index (χ4n) is 5.24. The van der Waals surface area contributed by atoms with Crippen LogP contribution in [0.25, 0.3) is 0 Å². The topological polar surface area (TPSA) is 160 Å². The van der Waals surface area contributed by atoms with Gasteiger partial charge < -0.3 is 34.6 Å². The lowest BCUT2D eigenvalue weighted by Gasteiger charge is -2.39. The number of anilines is 2. The number of hydrogen-bond acceptors (Lipinski definition) is 10. The Morgan fingerprint density at radius 3 is 2.44 bits per heavy atom. The summed E-state index contributed by atoms with van der Waals surface area (Å²) in [5.74, 6) is -0.371. The minimum Gasteiger partial charge on any atom is -0.465 e. The monoisotopic (exact) mass is 616 g/mol. The van der Waals surface area contributed by atoms with E-state index in [9.17, 15) is 22.8 Å². The predicted octanol–water partition coefficient (Wildman–Crippen LogP) is 0.907. The lowest BCUT2D eigenvalue weighted by Crippen LogP contribution is -2.62. The third-order valence-electron chi connectivity index (χ3n) is 7.67. The summed E-state index contributed by atoms with van der Waals surface area (Å²) < 4.78 is 44.5. The van der Waals surface area contributed by atoms with Crippen LogP contribution in [0.5, 0.6) is 0 Å². The summed E-state index contributed by atoms with van der Waals surface area (Å²) >= 11 is 0. The fourth-order valence-corrected chi connectivity index (χ4v) is 6.76. The molecule has 1 aromatic carbocycles. The Morgan fingerprint density at radius 2 is 1.79 bits per heavy atom. The number of aromatic nitrogens is 1. The van der Waals surface area contributed by atoms with Gasteiger partial charge in [0, 0.05) is 57.8 Å². The zero-order chi connectivity index (χ0) is 30.4. The SMILES string of the molecule is COC(=O)c1ccc(NC(=O)N2CCN(S(=O)(=O)c3ccc(N4CCOCC4)nc3)C(C(=O)NCC3CCCO3)C2)cc1. The van der Waals surface area contributed by atoms with Crippen LogP contribution in [0.2, 0.25) is 0 Å². The molecule has 3 fully saturated rings. The molecule has 0 spiro atoms. The van der Waals surface area contributed by atoms with Crippen molar-refractivity contribution in [1.29, 1.82) is 0 Å². The molecule has 2 N–H and O–H groups in total. The van der Waals surface area contributed by atoms with Crippen LogP contribution in [-0.2, 0) is 29.0 Å². The number of pyridine rings is 1. The first-order valence-electron chi connectivity index (χ1n) is 14.2. The van der Waals surface area contributed by atoms with E-state index in [1.165, 1.54) is 36.4 Å². The van der Waals surface area contributed by atoms with Gasteiger partial charge in [-0.25, -0.2) is 23.0 Å². The number of rotatable bonds is 8. The van der Waals surface area contributed by atoms with E-state index in [1.807, 2.05) is 4.90 Å². The number of ether oxygens (including phenoxy) is 3. The number of esters is 1. The van der Waals surface area contributed by atoms with E-state index in [2.05, 4.69) is 15.6 Å². The molecule has 0 saturated carbocycles. The quantitative estimate of drug-likeness (QED) is 0.408. The van der Waals surface area contributed by atoms with Gasteiger partial charge in [0.1, 0.15) is 16.8 Å². The van der Waals surface area contributed by atoms with Crippen molar-refractivity contribution < 1.29 is 37.0 Å². The second-order valence-corrected chi connectivity index (χ2v) is 12.3. The van der Waals surface area contributed by atoms with E-state index in [4.69, 9.17) is 14.2 Å². The first-order valence-corrected chi connectivity index (χ1v) is 15.6. The van der Waals surface area contributed by atoms with Gasteiger partial charge in [0.2, 0.25) is 15.9 Å². The Balaban J connectivity index is 1.31. The van der Waals surface area contributed by atoms with Crippen LogP contribution in [0.3, 0.4) is 0 Å². The van der Waals surface area contributed by atoms with Crippen LogP contribution < -0.4 is 15.5 Å². The number of morpholine rings is 1. The molecule has 3 aliphatic rings. The summed E-state index contributed by atoms with van der Waals surface area (Å²) in [6, 6.07) is 7.62. The molecular formula is C28H36N6O8S. The molecule has 4 heterocycles. The highest BCUT2D eigenvalue weighted by atomic mass is 32.2. The van der Waals surface area contributed by atoms with Gasteiger partial charge in [0.25, 0.3) is 0 Å². The van der Waals surface area contributed by atoms with Gasteiger partial charge in [-0.2, -0.15) is 4.31 Å². The molecule has 2 unspecified atom stereocenters. The van der Waals surface area contributed by atoms with Crippen molar-refractivity contribution in [1.82, 2.24) is 19.5 Å². The molecule has 0 radical (unpaired) electrons. The average molecular weight is 617 g/mol. The summed E-state index contributed by atoms with van der Waals surface area (Å²) in [7, 11) is -2.85. The van der Waals surface area contributed by atoms with E-state index in [0.717, 1.165) is 17.1 Å². The number of benzene rings is 1. The number of hydrogen-bond donors (Lipinski definition) is 2. The van der Waals surface area contributed by atoms with Gasteiger partial charge in [-0.05, 0) is 49.2 Å². The molecule has 5 rings (SSSR count). The number of nitrogens with zero attached hydrogens (tertiary/aromatic N) is 4. The maximum atomic E-state index is 13.8. The lowest BCUT2D eigenvalue weighted by atomic mass is 10.2. The zero-order valence-electron chi connectivity index (χ0n) is 23.9.